The molecule has 3 rings (SSSR count). The molecule has 0 saturated heterocycles. The summed E-state index contributed by atoms with van der Waals surface area (Å²) >= 11 is 1.41. The fourth-order valence-corrected chi connectivity index (χ4v) is 3.12. The predicted octanol–water partition coefficient (Wildman–Crippen LogP) is 4.87. The number of amides is 1. The van der Waals surface area contributed by atoms with Crippen LogP contribution >= 0.6 is 11.3 Å². The van der Waals surface area contributed by atoms with E-state index in [0.717, 1.165) is 16.1 Å². The first-order chi connectivity index (χ1) is 11.1. The van der Waals surface area contributed by atoms with Crippen molar-refractivity contribution < 1.29 is 9.59 Å². The number of anilines is 1. The molecule has 0 aliphatic heterocycles. The lowest BCUT2D eigenvalue weighted by atomic mass is 10.1. The normalized spacial score (nSPS) is 10.3. The van der Waals surface area contributed by atoms with Gasteiger partial charge in [0, 0.05) is 16.1 Å². The van der Waals surface area contributed by atoms with Gasteiger partial charge in [0.05, 0.1) is 4.88 Å². The van der Waals surface area contributed by atoms with Crippen LogP contribution in [0.2, 0.25) is 0 Å². The lowest BCUT2D eigenvalue weighted by Gasteiger charge is -2.02. The van der Waals surface area contributed by atoms with Crippen LogP contribution in [0.5, 0.6) is 0 Å². The molecule has 1 heterocycles. The predicted molar refractivity (Wildman–Crippen MR) is 94.2 cm³/mol. The fraction of sp³-hybridized carbons (Fsp3) is 0.0526. The van der Waals surface area contributed by atoms with Gasteiger partial charge in [0.15, 0.2) is 5.78 Å². The van der Waals surface area contributed by atoms with Crippen LogP contribution in [0, 0.1) is 0 Å². The Morgan fingerprint density at radius 2 is 1.70 bits per heavy atom. The molecule has 0 aliphatic rings. The molecule has 1 N–H and O–H groups in total. The molecule has 2 aromatic carbocycles. The molecule has 0 radical (unpaired) electrons. The Labute approximate surface area is 138 Å². The number of benzene rings is 2. The molecule has 0 unspecified atom stereocenters. The highest BCUT2D eigenvalue weighted by molar-refractivity contribution is 7.17. The molecule has 0 bridgehead atoms. The quantitative estimate of drug-likeness (QED) is 0.697. The summed E-state index contributed by atoms with van der Waals surface area (Å²) in [7, 11) is 0. The van der Waals surface area contributed by atoms with Crippen LogP contribution < -0.4 is 5.32 Å². The summed E-state index contributed by atoms with van der Waals surface area (Å²) in [5.74, 6) is -0.0966. The molecule has 0 aliphatic carbocycles. The first kappa shape index (κ1) is 15.2. The third-order valence-corrected chi connectivity index (χ3v) is 4.55. The summed E-state index contributed by atoms with van der Waals surface area (Å²) in [4.78, 5) is 25.4. The summed E-state index contributed by atoms with van der Waals surface area (Å²) in [6, 6.07) is 20.5. The van der Waals surface area contributed by atoms with Crippen LogP contribution in [0.25, 0.3) is 10.4 Å². The van der Waals surface area contributed by atoms with Crippen LogP contribution in [0.4, 0.5) is 5.69 Å². The number of carbonyl (C=O) groups excluding carboxylic acids is 2. The Balaban J connectivity index is 1.81. The maximum Gasteiger partial charge on any atom is 0.265 e. The number of Topliss-reactive ketones (excluding diaryl/α,β-unsaturated/α-hetero) is 1. The molecule has 23 heavy (non-hydrogen) atoms. The van der Waals surface area contributed by atoms with E-state index in [0.29, 0.717) is 10.4 Å². The van der Waals surface area contributed by atoms with Crippen LogP contribution in [-0.4, -0.2) is 11.7 Å². The number of thiophene rings is 1. The van der Waals surface area contributed by atoms with Crippen molar-refractivity contribution in [3.63, 3.8) is 0 Å². The number of ketones is 1. The third kappa shape index (κ3) is 3.55. The van der Waals surface area contributed by atoms with Crippen molar-refractivity contribution in [3.8, 4) is 10.4 Å². The topological polar surface area (TPSA) is 46.2 Å². The molecule has 114 valence electrons. The second-order valence-electron chi connectivity index (χ2n) is 5.12. The molecule has 3 aromatic rings. The Bertz CT molecular complexity index is 853. The first-order valence-electron chi connectivity index (χ1n) is 7.21. The van der Waals surface area contributed by atoms with Gasteiger partial charge in [0.25, 0.3) is 5.91 Å². The molecule has 4 heteroatoms. The van der Waals surface area contributed by atoms with Gasteiger partial charge in [-0.05, 0) is 42.8 Å². The molecule has 1 amide bonds. The van der Waals surface area contributed by atoms with Gasteiger partial charge in [0.2, 0.25) is 0 Å². The van der Waals surface area contributed by atoms with Gasteiger partial charge in [0.1, 0.15) is 0 Å². The molecule has 0 saturated carbocycles. The van der Waals surface area contributed by atoms with Gasteiger partial charge >= 0.3 is 0 Å². The maximum absolute atomic E-state index is 12.3. The monoisotopic (exact) mass is 321 g/mol. The zero-order valence-electron chi connectivity index (χ0n) is 12.6. The first-order valence-corrected chi connectivity index (χ1v) is 8.03. The number of carbonyl (C=O) groups is 2. The number of rotatable bonds is 4. The molecule has 1 aromatic heterocycles. The zero-order valence-corrected chi connectivity index (χ0v) is 13.4. The summed E-state index contributed by atoms with van der Waals surface area (Å²) in [5, 5.41) is 2.87. The van der Waals surface area contributed by atoms with Crippen molar-refractivity contribution in [1.82, 2.24) is 0 Å². The number of nitrogens with one attached hydrogen (secondary N) is 1. The highest BCUT2D eigenvalue weighted by Gasteiger charge is 2.11. The third-order valence-electron chi connectivity index (χ3n) is 3.42. The standard InChI is InChI=1S/C19H15NO2S/c1-13(21)14-6-5-7-15(12-14)17-10-11-18(23-17)19(22)20-16-8-3-2-4-9-16/h2-12H,1H3,(H,20,22). The second kappa shape index (κ2) is 6.58. The zero-order chi connectivity index (χ0) is 16.2. The SMILES string of the molecule is CC(=O)c1cccc(-c2ccc(C(=O)Nc3ccccc3)s2)c1. The Kier molecular flexibility index (Phi) is 4.35. The number of para-hydroxylation sites is 1. The largest absolute Gasteiger partial charge is 0.321 e. The van der Waals surface area contributed by atoms with Crippen molar-refractivity contribution >= 4 is 28.7 Å². The lowest BCUT2D eigenvalue weighted by molar-refractivity contribution is 0.101. The molecule has 0 fully saturated rings. The molecular weight excluding hydrogens is 306 g/mol. The average molecular weight is 321 g/mol. The van der Waals surface area contributed by atoms with E-state index >= 15 is 0 Å². The van der Waals surface area contributed by atoms with Crippen molar-refractivity contribution in [3.05, 3.63) is 77.2 Å². The molecule has 0 spiro atoms. The number of hydrogen-bond donors (Lipinski definition) is 1. The molecule has 0 atom stereocenters. The van der Waals surface area contributed by atoms with Crippen molar-refractivity contribution in [2.75, 3.05) is 5.32 Å². The van der Waals surface area contributed by atoms with Gasteiger partial charge in [-0.2, -0.15) is 0 Å². The van der Waals surface area contributed by atoms with Gasteiger partial charge in [-0.15, -0.1) is 11.3 Å². The van der Waals surface area contributed by atoms with E-state index < -0.39 is 0 Å². The van der Waals surface area contributed by atoms with E-state index in [-0.39, 0.29) is 11.7 Å². The fourth-order valence-electron chi connectivity index (χ4n) is 2.22. The minimum absolute atomic E-state index is 0.0328. The van der Waals surface area contributed by atoms with Gasteiger partial charge < -0.3 is 5.32 Å². The van der Waals surface area contributed by atoms with Crippen LogP contribution in [0.3, 0.4) is 0 Å². The smallest absolute Gasteiger partial charge is 0.265 e. The van der Waals surface area contributed by atoms with Crippen molar-refractivity contribution in [2.45, 2.75) is 6.92 Å². The molecule has 3 nitrogen and oxygen atoms in total. The Morgan fingerprint density at radius 1 is 0.913 bits per heavy atom. The summed E-state index contributed by atoms with van der Waals surface area (Å²) < 4.78 is 0. The Morgan fingerprint density at radius 3 is 2.43 bits per heavy atom. The summed E-state index contributed by atoms with van der Waals surface area (Å²) in [6.07, 6.45) is 0. The molecular formula is C19H15NO2S. The van der Waals surface area contributed by atoms with Gasteiger partial charge in [-0.25, -0.2) is 0 Å². The summed E-state index contributed by atoms with van der Waals surface area (Å²) in [5.41, 5.74) is 2.39. The van der Waals surface area contributed by atoms with Crippen LogP contribution in [0.1, 0.15) is 27.0 Å². The maximum atomic E-state index is 12.3. The van der Waals surface area contributed by atoms with E-state index in [1.807, 2.05) is 54.6 Å². The lowest BCUT2D eigenvalue weighted by Crippen LogP contribution is -2.09. The Hall–Kier alpha value is -2.72. The second-order valence-corrected chi connectivity index (χ2v) is 6.20. The van der Waals surface area contributed by atoms with E-state index in [1.165, 1.54) is 11.3 Å². The van der Waals surface area contributed by atoms with E-state index in [9.17, 15) is 9.59 Å². The number of hydrogen-bond acceptors (Lipinski definition) is 3. The van der Waals surface area contributed by atoms with Crippen molar-refractivity contribution in [1.29, 1.82) is 0 Å². The van der Waals surface area contributed by atoms with E-state index in [2.05, 4.69) is 5.32 Å². The highest BCUT2D eigenvalue weighted by Crippen LogP contribution is 2.29. The minimum atomic E-state index is -0.129. The van der Waals surface area contributed by atoms with Crippen molar-refractivity contribution in [2.24, 2.45) is 0 Å². The van der Waals surface area contributed by atoms with Crippen LogP contribution in [0.15, 0.2) is 66.7 Å². The van der Waals surface area contributed by atoms with E-state index in [4.69, 9.17) is 0 Å². The van der Waals surface area contributed by atoms with E-state index in [1.54, 1.807) is 19.1 Å². The van der Waals surface area contributed by atoms with Gasteiger partial charge in [-0.3, -0.25) is 9.59 Å². The minimum Gasteiger partial charge on any atom is -0.321 e. The highest BCUT2D eigenvalue weighted by atomic mass is 32.1. The summed E-state index contributed by atoms with van der Waals surface area (Å²) in [6.45, 7) is 1.55. The average Bonchev–Trinajstić information content (AvgIpc) is 3.06. The van der Waals surface area contributed by atoms with Crippen LogP contribution in [-0.2, 0) is 0 Å². The van der Waals surface area contributed by atoms with Gasteiger partial charge in [-0.1, -0.05) is 36.4 Å².